The van der Waals surface area contributed by atoms with Crippen LogP contribution in [0, 0.1) is 11.3 Å². The molecule has 0 fully saturated rings. The second-order valence-corrected chi connectivity index (χ2v) is 6.36. The number of hydrogen-bond acceptors (Lipinski definition) is 2. The van der Waals surface area contributed by atoms with Gasteiger partial charge in [0.1, 0.15) is 0 Å². The summed E-state index contributed by atoms with van der Waals surface area (Å²) in [7, 11) is 0. The minimum atomic E-state index is -1.07. The first kappa shape index (κ1) is 17.3. The number of carbonyl (C=O) groups excluding carboxylic acids is 1. The Morgan fingerprint density at radius 3 is 2.48 bits per heavy atom. The number of benzene rings is 1. The highest BCUT2D eigenvalue weighted by atomic mass is 35.5. The van der Waals surface area contributed by atoms with Crippen LogP contribution in [0.25, 0.3) is 0 Å². The molecule has 5 nitrogen and oxygen atoms in total. The summed E-state index contributed by atoms with van der Waals surface area (Å²) >= 11 is 5.95. The predicted molar refractivity (Wildman–Crippen MR) is 84.1 cm³/mol. The van der Waals surface area contributed by atoms with Crippen molar-refractivity contribution in [3.63, 3.8) is 0 Å². The summed E-state index contributed by atoms with van der Waals surface area (Å²) < 4.78 is 0. The molecule has 0 spiro atoms. The molecule has 0 radical (unpaired) electrons. The average molecular weight is 313 g/mol. The fourth-order valence-corrected chi connectivity index (χ4v) is 1.60. The van der Waals surface area contributed by atoms with Crippen molar-refractivity contribution in [1.29, 1.82) is 0 Å². The third kappa shape index (κ3) is 4.93. The number of halogens is 1. The third-order valence-corrected chi connectivity index (χ3v) is 4.06. The minimum Gasteiger partial charge on any atom is -0.478 e. The highest BCUT2D eigenvalue weighted by molar-refractivity contribution is 6.33. The van der Waals surface area contributed by atoms with Gasteiger partial charge in [0.15, 0.2) is 0 Å². The molecule has 0 aliphatic carbocycles. The summed E-state index contributed by atoms with van der Waals surface area (Å²) in [5, 5.41) is 14.6. The van der Waals surface area contributed by atoms with Crippen LogP contribution in [0.5, 0.6) is 0 Å². The number of rotatable bonds is 5. The van der Waals surface area contributed by atoms with Crippen molar-refractivity contribution in [2.75, 3.05) is 11.9 Å². The van der Waals surface area contributed by atoms with Crippen LogP contribution >= 0.6 is 11.6 Å². The van der Waals surface area contributed by atoms with Gasteiger partial charge in [-0.15, -0.1) is 0 Å². The lowest BCUT2D eigenvalue weighted by molar-refractivity contribution is 0.0697. The van der Waals surface area contributed by atoms with E-state index in [9.17, 15) is 9.59 Å². The van der Waals surface area contributed by atoms with E-state index < -0.39 is 12.0 Å². The Hall–Kier alpha value is -1.75. The van der Waals surface area contributed by atoms with E-state index in [2.05, 4.69) is 38.3 Å². The maximum atomic E-state index is 11.9. The Morgan fingerprint density at radius 1 is 1.33 bits per heavy atom. The zero-order valence-electron chi connectivity index (χ0n) is 12.7. The highest BCUT2D eigenvalue weighted by Gasteiger charge is 2.23. The van der Waals surface area contributed by atoms with E-state index in [1.165, 1.54) is 18.2 Å². The highest BCUT2D eigenvalue weighted by Crippen LogP contribution is 2.25. The first-order valence-corrected chi connectivity index (χ1v) is 7.09. The van der Waals surface area contributed by atoms with Gasteiger partial charge in [0.05, 0.1) is 16.3 Å². The van der Waals surface area contributed by atoms with Gasteiger partial charge in [-0.05, 0) is 29.5 Å². The second kappa shape index (κ2) is 6.80. The van der Waals surface area contributed by atoms with Gasteiger partial charge in [0.2, 0.25) is 0 Å². The van der Waals surface area contributed by atoms with Crippen LogP contribution in [0.15, 0.2) is 18.2 Å². The van der Waals surface area contributed by atoms with Crippen molar-refractivity contribution in [2.45, 2.75) is 27.7 Å². The molecule has 1 aromatic rings. The molecule has 21 heavy (non-hydrogen) atoms. The fraction of sp³-hybridized carbons (Fsp3) is 0.467. The van der Waals surface area contributed by atoms with Gasteiger partial charge in [0.25, 0.3) is 0 Å². The van der Waals surface area contributed by atoms with Crippen LogP contribution in [0.2, 0.25) is 5.02 Å². The summed E-state index contributed by atoms with van der Waals surface area (Å²) in [4.78, 5) is 22.8. The zero-order valence-corrected chi connectivity index (χ0v) is 13.4. The van der Waals surface area contributed by atoms with Gasteiger partial charge in [-0.2, -0.15) is 0 Å². The maximum Gasteiger partial charge on any atom is 0.335 e. The first-order valence-electron chi connectivity index (χ1n) is 6.71. The summed E-state index contributed by atoms with van der Waals surface area (Å²) in [6, 6.07) is 3.75. The normalized spacial score (nSPS) is 11.3. The summed E-state index contributed by atoms with van der Waals surface area (Å²) in [5.74, 6) is -0.659. The lowest BCUT2D eigenvalue weighted by Crippen LogP contribution is -2.39. The molecule has 0 aromatic heterocycles. The molecule has 6 heteroatoms. The standard InChI is InChI=1S/C15H21ClN2O3/c1-9(2)15(3,4)8-17-14(21)18-12-7-10(13(19)20)5-6-11(12)16/h5-7,9H,8H2,1-4H3,(H,19,20)(H2,17,18,21). The van der Waals surface area contributed by atoms with Crippen molar-refractivity contribution in [2.24, 2.45) is 11.3 Å². The van der Waals surface area contributed by atoms with Crippen molar-refractivity contribution in [1.82, 2.24) is 5.32 Å². The Morgan fingerprint density at radius 2 is 1.95 bits per heavy atom. The number of carboxylic acids is 1. The monoisotopic (exact) mass is 312 g/mol. The van der Waals surface area contributed by atoms with E-state index in [1.807, 2.05) is 0 Å². The second-order valence-electron chi connectivity index (χ2n) is 5.95. The van der Waals surface area contributed by atoms with Gasteiger partial charge < -0.3 is 15.7 Å². The van der Waals surface area contributed by atoms with Crippen LogP contribution in [0.1, 0.15) is 38.1 Å². The van der Waals surface area contributed by atoms with Gasteiger partial charge in [0, 0.05) is 6.54 Å². The topological polar surface area (TPSA) is 78.4 Å². The molecular formula is C15H21ClN2O3. The molecule has 116 valence electrons. The quantitative estimate of drug-likeness (QED) is 0.773. The predicted octanol–water partition coefficient (Wildman–Crippen LogP) is 3.84. The zero-order chi connectivity index (χ0) is 16.2. The summed E-state index contributed by atoms with van der Waals surface area (Å²) in [5.41, 5.74) is 0.304. The van der Waals surface area contributed by atoms with Crippen LogP contribution in [0.4, 0.5) is 10.5 Å². The lowest BCUT2D eigenvalue weighted by Gasteiger charge is -2.29. The molecule has 0 atom stereocenters. The Bertz CT molecular complexity index is 542. The first-order chi connectivity index (χ1) is 9.63. The van der Waals surface area contributed by atoms with Crippen LogP contribution in [-0.4, -0.2) is 23.7 Å². The van der Waals surface area contributed by atoms with E-state index >= 15 is 0 Å². The van der Waals surface area contributed by atoms with Crippen molar-refractivity contribution in [3.05, 3.63) is 28.8 Å². The van der Waals surface area contributed by atoms with Crippen LogP contribution in [0.3, 0.4) is 0 Å². The number of hydrogen-bond donors (Lipinski definition) is 3. The smallest absolute Gasteiger partial charge is 0.335 e. The Balaban J connectivity index is 2.71. The molecule has 0 unspecified atom stereocenters. The minimum absolute atomic E-state index is 0.0377. The van der Waals surface area contributed by atoms with E-state index in [1.54, 1.807) is 0 Å². The fourth-order valence-electron chi connectivity index (χ4n) is 1.43. The van der Waals surface area contributed by atoms with Crippen molar-refractivity contribution >= 4 is 29.3 Å². The number of carboxylic acid groups (broad SMARTS) is 1. The number of urea groups is 1. The van der Waals surface area contributed by atoms with Gasteiger partial charge in [-0.25, -0.2) is 9.59 Å². The van der Waals surface area contributed by atoms with Gasteiger partial charge in [-0.1, -0.05) is 39.3 Å². The van der Waals surface area contributed by atoms with Crippen LogP contribution < -0.4 is 10.6 Å². The van der Waals surface area contributed by atoms with E-state index in [0.29, 0.717) is 17.5 Å². The number of anilines is 1. The molecule has 0 saturated heterocycles. The molecule has 0 aliphatic heterocycles. The lowest BCUT2D eigenvalue weighted by atomic mass is 9.81. The summed E-state index contributed by atoms with van der Waals surface area (Å²) in [6.45, 7) is 8.82. The number of carbonyl (C=O) groups is 2. The number of nitrogens with one attached hydrogen (secondary N) is 2. The molecule has 1 aromatic carbocycles. The molecule has 0 saturated carbocycles. The number of aromatic carboxylic acids is 1. The van der Waals surface area contributed by atoms with Gasteiger partial charge in [-0.3, -0.25) is 0 Å². The van der Waals surface area contributed by atoms with Crippen molar-refractivity contribution in [3.8, 4) is 0 Å². The average Bonchev–Trinajstić information content (AvgIpc) is 2.38. The number of amides is 2. The van der Waals surface area contributed by atoms with E-state index in [4.69, 9.17) is 16.7 Å². The van der Waals surface area contributed by atoms with Gasteiger partial charge >= 0.3 is 12.0 Å². The largest absolute Gasteiger partial charge is 0.478 e. The SMILES string of the molecule is CC(C)C(C)(C)CNC(=O)Nc1cc(C(=O)O)ccc1Cl. The van der Waals surface area contributed by atoms with E-state index in [-0.39, 0.29) is 16.7 Å². The summed E-state index contributed by atoms with van der Waals surface area (Å²) in [6.07, 6.45) is 0. The van der Waals surface area contributed by atoms with Crippen molar-refractivity contribution < 1.29 is 14.7 Å². The maximum absolute atomic E-state index is 11.9. The van der Waals surface area contributed by atoms with Crippen LogP contribution in [-0.2, 0) is 0 Å². The molecule has 0 aliphatic rings. The molecular weight excluding hydrogens is 292 g/mol. The molecule has 0 bridgehead atoms. The molecule has 2 amide bonds. The third-order valence-electron chi connectivity index (χ3n) is 3.73. The molecule has 0 heterocycles. The Kier molecular flexibility index (Phi) is 5.61. The Labute approximate surface area is 129 Å². The molecule has 3 N–H and O–H groups in total. The molecule has 1 rings (SSSR count). The van der Waals surface area contributed by atoms with E-state index in [0.717, 1.165) is 0 Å².